The van der Waals surface area contributed by atoms with Crippen LogP contribution in [0.5, 0.6) is 34.5 Å². The normalized spacial score (nSPS) is 13.3. The van der Waals surface area contributed by atoms with Crippen LogP contribution in [-0.2, 0) is 5.41 Å². The number of fused-ring (bicyclic) bond motifs is 4. The molecule has 0 amide bonds. The van der Waals surface area contributed by atoms with Crippen molar-refractivity contribution in [3.05, 3.63) is 83.9 Å². The van der Waals surface area contributed by atoms with E-state index in [2.05, 4.69) is 31.3 Å². The lowest BCUT2D eigenvalue weighted by Gasteiger charge is -2.22. The lowest BCUT2D eigenvalue weighted by Crippen LogP contribution is -2.15. The van der Waals surface area contributed by atoms with Gasteiger partial charge >= 0.3 is 0 Å². The number of nitrogens with one attached hydrogen (secondary N) is 1. The van der Waals surface area contributed by atoms with E-state index >= 15 is 0 Å². The molecule has 7 nitrogen and oxygen atoms in total. The Morgan fingerprint density at radius 3 is 1.89 bits per heavy atom. The van der Waals surface area contributed by atoms with E-state index in [1.807, 2.05) is 24.3 Å². The van der Waals surface area contributed by atoms with Crippen molar-refractivity contribution >= 4 is 22.1 Å². The summed E-state index contributed by atoms with van der Waals surface area (Å²) in [7, 11) is 0. The van der Waals surface area contributed by atoms with E-state index in [4.69, 9.17) is 0 Å². The van der Waals surface area contributed by atoms with Gasteiger partial charge in [-0.25, -0.2) is 0 Å². The zero-order chi connectivity index (χ0) is 26.9. The molecule has 0 aromatic heterocycles. The van der Waals surface area contributed by atoms with Gasteiger partial charge in [0.1, 0.15) is 11.4 Å². The minimum absolute atomic E-state index is 0.147. The Hall–Kier alpha value is -5.04. The highest BCUT2D eigenvalue weighted by atomic mass is 16.3. The van der Waals surface area contributed by atoms with Crippen molar-refractivity contribution < 1.29 is 30.6 Å². The Kier molecular flexibility index (Phi) is 4.91. The van der Waals surface area contributed by atoms with E-state index in [9.17, 15) is 30.6 Å². The van der Waals surface area contributed by atoms with E-state index < -0.39 is 45.3 Å². The van der Waals surface area contributed by atoms with Crippen LogP contribution < -0.4 is 5.32 Å². The Bertz CT molecular complexity index is 1780. The Balaban J connectivity index is 1.52. The number of hydrogen-bond acceptors (Lipinski definition) is 7. The number of rotatable bonds is 3. The van der Waals surface area contributed by atoms with Gasteiger partial charge in [-0.15, -0.1) is 0 Å². The van der Waals surface area contributed by atoms with Crippen LogP contribution in [0.3, 0.4) is 0 Å². The van der Waals surface area contributed by atoms with Crippen LogP contribution in [0, 0.1) is 0 Å². The van der Waals surface area contributed by atoms with Gasteiger partial charge in [0.25, 0.3) is 0 Å². The maximum atomic E-state index is 11.1. The largest absolute Gasteiger partial charge is 0.506 e. The molecular formula is C31H25NO6. The second-order valence-electron chi connectivity index (χ2n) is 10.0. The van der Waals surface area contributed by atoms with Crippen molar-refractivity contribution in [2.75, 3.05) is 5.32 Å². The zero-order valence-corrected chi connectivity index (χ0v) is 20.6. The minimum atomic E-state index is -0.765. The zero-order valence-electron chi connectivity index (χ0n) is 20.6. The molecule has 0 saturated heterocycles. The van der Waals surface area contributed by atoms with E-state index in [0.29, 0.717) is 11.3 Å². The van der Waals surface area contributed by atoms with Crippen LogP contribution >= 0.6 is 0 Å². The first-order valence-corrected chi connectivity index (χ1v) is 12.1. The first-order chi connectivity index (χ1) is 18.1. The number of aromatic hydroxyl groups is 6. The fourth-order valence-corrected chi connectivity index (χ4v) is 5.57. The summed E-state index contributed by atoms with van der Waals surface area (Å²) in [5.74, 6) is -4.17. The molecule has 190 valence electrons. The SMILES string of the molecule is CC1(C)c2ccccc2-c2ccc(Nc3c(O)c(O)c4c(O)c(-c5ccccc5)c(O)c(O)c4c3O)cc21. The highest BCUT2D eigenvalue weighted by Gasteiger charge is 2.35. The van der Waals surface area contributed by atoms with Crippen molar-refractivity contribution in [2.45, 2.75) is 19.3 Å². The standard InChI is InChI=1S/C31H25NO6/c1-31(2)19-11-7-6-10-17(19)18-13-12-16(14-20(18)31)32-24-26(34)23-22(29(37)30(24)38)25(33)21(27(35)28(23)36)15-8-4-3-5-9-15/h3-14,32-38H,1-2H3. The summed E-state index contributed by atoms with van der Waals surface area (Å²) in [6.07, 6.45) is 0. The lowest BCUT2D eigenvalue weighted by molar-refractivity contribution is 0.392. The Morgan fingerprint density at radius 1 is 0.553 bits per heavy atom. The maximum absolute atomic E-state index is 11.1. The molecule has 0 saturated carbocycles. The predicted molar refractivity (Wildman–Crippen MR) is 147 cm³/mol. The summed E-state index contributed by atoms with van der Waals surface area (Å²) in [6, 6.07) is 22.1. The molecule has 0 bridgehead atoms. The van der Waals surface area contributed by atoms with Gasteiger partial charge in [-0.2, -0.15) is 0 Å². The van der Waals surface area contributed by atoms with Gasteiger partial charge in [-0.3, -0.25) is 0 Å². The van der Waals surface area contributed by atoms with Crippen LogP contribution in [-0.4, -0.2) is 30.6 Å². The molecule has 5 aromatic carbocycles. The number of anilines is 2. The summed E-state index contributed by atoms with van der Waals surface area (Å²) in [5.41, 5.74) is 4.60. The lowest BCUT2D eigenvalue weighted by atomic mass is 9.82. The topological polar surface area (TPSA) is 133 Å². The molecule has 6 rings (SSSR count). The van der Waals surface area contributed by atoms with Crippen molar-refractivity contribution in [3.8, 4) is 56.8 Å². The van der Waals surface area contributed by atoms with Gasteiger partial charge in [0, 0.05) is 11.1 Å². The predicted octanol–water partition coefficient (Wildman–Crippen LogP) is 6.79. The van der Waals surface area contributed by atoms with Crippen molar-refractivity contribution in [2.24, 2.45) is 0 Å². The fraction of sp³-hybridized carbons (Fsp3) is 0.0968. The average molecular weight is 508 g/mol. The molecule has 38 heavy (non-hydrogen) atoms. The van der Waals surface area contributed by atoms with Crippen LogP contribution in [0.1, 0.15) is 25.0 Å². The second kappa shape index (κ2) is 7.98. The third-order valence-electron chi connectivity index (χ3n) is 7.51. The van der Waals surface area contributed by atoms with Crippen LogP contribution in [0.4, 0.5) is 11.4 Å². The van der Waals surface area contributed by atoms with Gasteiger partial charge in [0.2, 0.25) is 0 Å². The van der Waals surface area contributed by atoms with Gasteiger partial charge in [0.15, 0.2) is 28.7 Å². The first-order valence-electron chi connectivity index (χ1n) is 12.1. The molecular weight excluding hydrogens is 482 g/mol. The van der Waals surface area contributed by atoms with Crippen LogP contribution in [0.15, 0.2) is 72.8 Å². The molecule has 0 fully saturated rings. The van der Waals surface area contributed by atoms with Gasteiger partial charge in [-0.1, -0.05) is 74.5 Å². The van der Waals surface area contributed by atoms with Crippen molar-refractivity contribution in [3.63, 3.8) is 0 Å². The van der Waals surface area contributed by atoms with Crippen LogP contribution in [0.2, 0.25) is 0 Å². The third kappa shape index (κ3) is 3.08. The van der Waals surface area contributed by atoms with E-state index in [1.54, 1.807) is 36.4 Å². The summed E-state index contributed by atoms with van der Waals surface area (Å²) in [5, 5.41) is 67.7. The summed E-state index contributed by atoms with van der Waals surface area (Å²) < 4.78 is 0. The van der Waals surface area contributed by atoms with Gasteiger partial charge in [0.05, 0.1) is 16.3 Å². The molecule has 0 spiro atoms. The summed E-state index contributed by atoms with van der Waals surface area (Å²) in [6.45, 7) is 4.23. The third-order valence-corrected chi connectivity index (χ3v) is 7.51. The number of hydrogen-bond donors (Lipinski definition) is 7. The fourth-order valence-electron chi connectivity index (χ4n) is 5.57. The quantitative estimate of drug-likeness (QED) is 0.106. The van der Waals surface area contributed by atoms with Crippen molar-refractivity contribution in [1.82, 2.24) is 0 Å². The number of phenols is 6. The molecule has 5 aromatic rings. The molecule has 1 aliphatic carbocycles. The molecule has 0 aliphatic heterocycles. The monoisotopic (exact) mass is 507 g/mol. The van der Waals surface area contributed by atoms with Crippen molar-refractivity contribution in [1.29, 1.82) is 0 Å². The second-order valence-corrected chi connectivity index (χ2v) is 10.0. The Labute approximate surface area is 218 Å². The highest BCUT2D eigenvalue weighted by molar-refractivity contribution is 6.12. The highest BCUT2D eigenvalue weighted by Crippen LogP contribution is 2.59. The molecule has 7 N–H and O–H groups in total. The Morgan fingerprint density at radius 2 is 1.16 bits per heavy atom. The van der Waals surface area contributed by atoms with E-state index in [-0.39, 0.29) is 16.7 Å². The smallest absolute Gasteiger partial charge is 0.186 e. The molecule has 0 atom stereocenters. The van der Waals surface area contributed by atoms with E-state index in [0.717, 1.165) is 16.7 Å². The average Bonchev–Trinajstić information content (AvgIpc) is 3.14. The molecule has 0 heterocycles. The minimum Gasteiger partial charge on any atom is -0.506 e. The van der Waals surface area contributed by atoms with E-state index in [1.165, 1.54) is 5.56 Å². The maximum Gasteiger partial charge on any atom is 0.186 e. The van der Waals surface area contributed by atoms with Gasteiger partial charge in [-0.05, 0) is 39.9 Å². The molecule has 0 radical (unpaired) electrons. The first kappa shape index (κ1) is 23.4. The molecule has 0 unspecified atom stereocenters. The number of phenolic OH excluding ortho intramolecular Hbond substituents is 6. The van der Waals surface area contributed by atoms with Crippen LogP contribution in [0.25, 0.3) is 33.0 Å². The molecule has 7 heteroatoms. The summed E-state index contributed by atoms with van der Waals surface area (Å²) in [4.78, 5) is 0. The number of benzene rings is 5. The summed E-state index contributed by atoms with van der Waals surface area (Å²) >= 11 is 0. The van der Waals surface area contributed by atoms with Gasteiger partial charge < -0.3 is 36.0 Å². The molecule has 1 aliphatic rings.